The van der Waals surface area contributed by atoms with Gasteiger partial charge in [0.1, 0.15) is 5.76 Å². The lowest BCUT2D eigenvalue weighted by Gasteiger charge is -1.99. The Balaban J connectivity index is 2.39. The molecule has 0 atom stereocenters. The van der Waals surface area contributed by atoms with E-state index in [-0.39, 0.29) is 0 Å². The van der Waals surface area contributed by atoms with Gasteiger partial charge in [0.05, 0.1) is 5.69 Å². The zero-order valence-corrected chi connectivity index (χ0v) is 7.42. The fraction of sp³-hybridized carbons (Fsp3) is 0.667. The molecule has 0 unspecified atom stereocenters. The first-order valence-corrected chi connectivity index (χ1v) is 4.10. The van der Waals surface area contributed by atoms with Crippen LogP contribution < -0.4 is 0 Å². The number of aryl methyl sites for hydroxylation is 2. The summed E-state index contributed by atoms with van der Waals surface area (Å²) < 4.78 is 5.06. The molecule has 1 rings (SSSR count). The Morgan fingerprint density at radius 3 is 2.73 bits per heavy atom. The van der Waals surface area contributed by atoms with Gasteiger partial charge in [0.25, 0.3) is 0 Å². The number of aromatic nitrogens is 1. The Kier molecular flexibility index (Phi) is 2.69. The number of rotatable bonds is 3. The highest BCUT2D eigenvalue weighted by molar-refractivity contribution is 5.02. The molecule has 0 spiro atoms. The maximum Gasteiger partial charge on any atom is 0.137 e. The fourth-order valence-corrected chi connectivity index (χ4v) is 0.965. The molecule has 0 bridgehead atoms. The summed E-state index contributed by atoms with van der Waals surface area (Å²) in [7, 11) is 0. The summed E-state index contributed by atoms with van der Waals surface area (Å²) in [6.45, 7) is 6.37. The Hall–Kier alpha value is -0.790. The van der Waals surface area contributed by atoms with Gasteiger partial charge in [-0.15, -0.1) is 0 Å². The molecular formula is C9H15NO. The quantitative estimate of drug-likeness (QED) is 0.667. The summed E-state index contributed by atoms with van der Waals surface area (Å²) in [5.74, 6) is 1.75. The molecule has 0 aliphatic rings. The summed E-state index contributed by atoms with van der Waals surface area (Å²) in [6.07, 6.45) is 2.19. The van der Waals surface area contributed by atoms with Gasteiger partial charge < -0.3 is 4.52 Å². The molecule has 0 aliphatic carbocycles. The van der Waals surface area contributed by atoms with Crippen LogP contribution in [0.25, 0.3) is 0 Å². The van der Waals surface area contributed by atoms with Crippen LogP contribution in [0.1, 0.15) is 31.7 Å². The monoisotopic (exact) mass is 153 g/mol. The second-order valence-corrected chi connectivity index (χ2v) is 3.37. The van der Waals surface area contributed by atoms with E-state index < -0.39 is 0 Å². The van der Waals surface area contributed by atoms with Gasteiger partial charge in [0.2, 0.25) is 0 Å². The van der Waals surface area contributed by atoms with Gasteiger partial charge in [-0.3, -0.25) is 0 Å². The van der Waals surface area contributed by atoms with E-state index >= 15 is 0 Å². The molecule has 62 valence electrons. The van der Waals surface area contributed by atoms with Crippen LogP contribution in [0.5, 0.6) is 0 Å². The molecule has 0 amide bonds. The molecule has 2 nitrogen and oxygen atoms in total. The van der Waals surface area contributed by atoms with Gasteiger partial charge in [-0.2, -0.15) is 0 Å². The smallest absolute Gasteiger partial charge is 0.137 e. The summed E-state index contributed by atoms with van der Waals surface area (Å²) in [6, 6.07) is 2.00. The van der Waals surface area contributed by atoms with E-state index in [1.807, 2.05) is 13.0 Å². The summed E-state index contributed by atoms with van der Waals surface area (Å²) >= 11 is 0. The molecule has 0 radical (unpaired) electrons. The van der Waals surface area contributed by atoms with Gasteiger partial charge in [-0.25, -0.2) is 0 Å². The van der Waals surface area contributed by atoms with Crippen molar-refractivity contribution in [1.82, 2.24) is 5.16 Å². The van der Waals surface area contributed by atoms with Crippen LogP contribution in [0.4, 0.5) is 0 Å². The van der Waals surface area contributed by atoms with Gasteiger partial charge in [-0.05, 0) is 19.3 Å². The number of nitrogens with zero attached hydrogens (tertiary/aromatic N) is 1. The van der Waals surface area contributed by atoms with Crippen molar-refractivity contribution in [2.75, 3.05) is 0 Å². The normalized spacial score (nSPS) is 10.9. The van der Waals surface area contributed by atoms with Crippen molar-refractivity contribution >= 4 is 0 Å². The van der Waals surface area contributed by atoms with Crippen molar-refractivity contribution < 1.29 is 4.52 Å². The molecule has 0 saturated heterocycles. The highest BCUT2D eigenvalue weighted by Gasteiger charge is 2.01. The average molecular weight is 153 g/mol. The Bertz CT molecular complexity index is 215. The Morgan fingerprint density at radius 2 is 2.27 bits per heavy atom. The van der Waals surface area contributed by atoms with Gasteiger partial charge in [-0.1, -0.05) is 19.0 Å². The largest absolute Gasteiger partial charge is 0.361 e. The van der Waals surface area contributed by atoms with Crippen LogP contribution in [0.15, 0.2) is 10.6 Å². The minimum absolute atomic E-state index is 0.736. The Morgan fingerprint density at radius 1 is 1.55 bits per heavy atom. The van der Waals surface area contributed by atoms with Gasteiger partial charge in [0.15, 0.2) is 0 Å². The molecule has 1 aromatic rings. The third-order valence-electron chi connectivity index (χ3n) is 1.64. The molecule has 0 aliphatic heterocycles. The minimum Gasteiger partial charge on any atom is -0.361 e. The van der Waals surface area contributed by atoms with Gasteiger partial charge in [0, 0.05) is 12.5 Å². The van der Waals surface area contributed by atoms with Crippen molar-refractivity contribution in [3.8, 4) is 0 Å². The molecule has 1 aromatic heterocycles. The fourth-order valence-electron chi connectivity index (χ4n) is 0.965. The topological polar surface area (TPSA) is 26.0 Å². The van der Waals surface area contributed by atoms with Crippen LogP contribution in [-0.4, -0.2) is 5.16 Å². The van der Waals surface area contributed by atoms with E-state index in [4.69, 9.17) is 4.52 Å². The zero-order chi connectivity index (χ0) is 8.27. The Labute approximate surface area is 67.6 Å². The third-order valence-corrected chi connectivity index (χ3v) is 1.64. The molecular weight excluding hydrogens is 138 g/mol. The van der Waals surface area contributed by atoms with E-state index in [0.29, 0.717) is 0 Å². The van der Waals surface area contributed by atoms with Crippen molar-refractivity contribution in [3.63, 3.8) is 0 Å². The number of hydrogen-bond donors (Lipinski definition) is 0. The predicted octanol–water partition coefficient (Wildman–Crippen LogP) is 2.57. The number of hydrogen-bond acceptors (Lipinski definition) is 2. The van der Waals surface area contributed by atoms with Crippen LogP contribution in [-0.2, 0) is 6.42 Å². The van der Waals surface area contributed by atoms with Crippen LogP contribution in [0.2, 0.25) is 0 Å². The predicted molar refractivity (Wildman–Crippen MR) is 44.4 cm³/mol. The van der Waals surface area contributed by atoms with Crippen molar-refractivity contribution in [2.45, 2.75) is 33.6 Å². The molecule has 11 heavy (non-hydrogen) atoms. The van der Waals surface area contributed by atoms with Crippen LogP contribution in [0.3, 0.4) is 0 Å². The molecule has 0 fully saturated rings. The third kappa shape index (κ3) is 2.74. The lowest BCUT2D eigenvalue weighted by molar-refractivity contribution is 0.370. The molecule has 2 heteroatoms. The maximum absolute atomic E-state index is 5.06. The molecule has 1 heterocycles. The summed E-state index contributed by atoms with van der Waals surface area (Å²) in [5, 5.41) is 3.82. The standard InChI is InChI=1S/C9H15NO/c1-7(2)4-5-9-6-8(3)10-11-9/h6-7H,4-5H2,1-3H3. The maximum atomic E-state index is 5.06. The van der Waals surface area contributed by atoms with Crippen molar-refractivity contribution in [1.29, 1.82) is 0 Å². The molecule has 0 N–H and O–H groups in total. The van der Waals surface area contributed by atoms with Crippen molar-refractivity contribution in [2.24, 2.45) is 5.92 Å². The minimum atomic E-state index is 0.736. The van der Waals surface area contributed by atoms with E-state index in [0.717, 1.165) is 23.8 Å². The van der Waals surface area contributed by atoms with E-state index in [2.05, 4.69) is 19.0 Å². The lowest BCUT2D eigenvalue weighted by atomic mass is 10.1. The zero-order valence-electron chi connectivity index (χ0n) is 7.42. The van der Waals surface area contributed by atoms with E-state index in [1.165, 1.54) is 6.42 Å². The average Bonchev–Trinajstić information content (AvgIpc) is 2.31. The van der Waals surface area contributed by atoms with Gasteiger partial charge >= 0.3 is 0 Å². The lowest BCUT2D eigenvalue weighted by Crippen LogP contribution is -1.89. The first-order valence-electron chi connectivity index (χ1n) is 4.10. The van der Waals surface area contributed by atoms with E-state index in [1.54, 1.807) is 0 Å². The molecule has 0 saturated carbocycles. The van der Waals surface area contributed by atoms with Crippen LogP contribution >= 0.6 is 0 Å². The van der Waals surface area contributed by atoms with Crippen molar-refractivity contribution in [3.05, 3.63) is 17.5 Å². The molecule has 0 aromatic carbocycles. The summed E-state index contributed by atoms with van der Waals surface area (Å²) in [5.41, 5.74) is 0.976. The van der Waals surface area contributed by atoms with Crippen LogP contribution in [0, 0.1) is 12.8 Å². The SMILES string of the molecule is Cc1cc(CCC(C)C)on1. The highest BCUT2D eigenvalue weighted by atomic mass is 16.5. The van der Waals surface area contributed by atoms with E-state index in [9.17, 15) is 0 Å². The first kappa shape index (κ1) is 8.31. The second kappa shape index (κ2) is 3.56. The highest BCUT2D eigenvalue weighted by Crippen LogP contribution is 2.09. The summed E-state index contributed by atoms with van der Waals surface area (Å²) in [4.78, 5) is 0. The second-order valence-electron chi connectivity index (χ2n) is 3.37. The first-order chi connectivity index (χ1) is 5.18.